The summed E-state index contributed by atoms with van der Waals surface area (Å²) in [6, 6.07) is 4.86. The van der Waals surface area contributed by atoms with Gasteiger partial charge >= 0.3 is 0 Å². The lowest BCUT2D eigenvalue weighted by atomic mass is 10.1. The minimum atomic E-state index is -0.314. The van der Waals surface area contributed by atoms with Gasteiger partial charge in [0.15, 0.2) is 0 Å². The van der Waals surface area contributed by atoms with Crippen LogP contribution < -0.4 is 10.6 Å². The molecule has 2 atom stereocenters. The highest BCUT2D eigenvalue weighted by Crippen LogP contribution is 2.24. The van der Waals surface area contributed by atoms with Crippen LogP contribution in [0.5, 0.6) is 0 Å². The summed E-state index contributed by atoms with van der Waals surface area (Å²) in [4.78, 5) is 33.3. The maximum atomic E-state index is 13.2. The maximum absolute atomic E-state index is 13.2. The normalized spacial score (nSPS) is 20.1. The average Bonchev–Trinajstić information content (AvgIpc) is 3.21. The second-order valence-electron chi connectivity index (χ2n) is 7.08. The number of fused-ring (bicyclic) bond motifs is 1. The summed E-state index contributed by atoms with van der Waals surface area (Å²) in [6.07, 6.45) is 3.21. The highest BCUT2D eigenvalue weighted by atomic mass is 19.1. The molecule has 8 heteroatoms. The number of carbonyl (C=O) groups is 2. The number of nitrogens with zero attached hydrogens (tertiary/aromatic N) is 2. The first-order valence-corrected chi connectivity index (χ1v) is 9.29. The average molecular weight is 375 g/mol. The fourth-order valence-corrected chi connectivity index (χ4v) is 3.60. The Hall–Kier alpha value is -2.48. The molecule has 2 amide bonds. The summed E-state index contributed by atoms with van der Waals surface area (Å²) in [5.41, 5.74) is 1.33. The van der Waals surface area contributed by atoms with E-state index in [1.54, 1.807) is 13.1 Å². The van der Waals surface area contributed by atoms with Crippen molar-refractivity contribution in [3.8, 4) is 0 Å². The van der Waals surface area contributed by atoms with Gasteiger partial charge in [-0.2, -0.15) is 0 Å². The predicted molar refractivity (Wildman–Crippen MR) is 101 cm³/mol. The fraction of sp³-hybridized carbons (Fsp3) is 0.526. The maximum Gasteiger partial charge on any atom is 0.221 e. The molecule has 1 aliphatic heterocycles. The Morgan fingerprint density at radius 3 is 2.85 bits per heavy atom. The minimum absolute atomic E-state index is 0.0372. The molecule has 146 valence electrons. The second-order valence-corrected chi connectivity index (χ2v) is 7.08. The van der Waals surface area contributed by atoms with Crippen LogP contribution in [0.25, 0.3) is 11.0 Å². The Morgan fingerprint density at radius 1 is 1.30 bits per heavy atom. The van der Waals surface area contributed by atoms with Crippen molar-refractivity contribution in [3.05, 3.63) is 29.8 Å². The number of aryl methyl sites for hydroxylation is 1. The third-order valence-corrected chi connectivity index (χ3v) is 5.30. The molecule has 0 spiro atoms. The van der Waals surface area contributed by atoms with Crippen molar-refractivity contribution >= 4 is 22.8 Å². The Bertz CT molecular complexity index is 822. The number of halogens is 1. The molecule has 0 bridgehead atoms. The fourth-order valence-electron chi connectivity index (χ4n) is 3.60. The number of benzene rings is 1. The van der Waals surface area contributed by atoms with Gasteiger partial charge in [-0.25, -0.2) is 9.37 Å². The number of aromatic nitrogens is 2. The first-order chi connectivity index (χ1) is 13.0. The van der Waals surface area contributed by atoms with E-state index in [1.165, 1.54) is 12.1 Å². The first kappa shape index (κ1) is 19.3. The number of rotatable bonds is 7. The van der Waals surface area contributed by atoms with Gasteiger partial charge in [-0.1, -0.05) is 0 Å². The van der Waals surface area contributed by atoms with Gasteiger partial charge in [0.2, 0.25) is 11.8 Å². The number of carbonyl (C=O) groups excluding carboxylic acids is 2. The van der Waals surface area contributed by atoms with Gasteiger partial charge in [0.1, 0.15) is 11.6 Å². The van der Waals surface area contributed by atoms with Gasteiger partial charge in [-0.05, 0) is 38.1 Å². The van der Waals surface area contributed by atoms with Crippen molar-refractivity contribution in [2.45, 2.75) is 44.2 Å². The third-order valence-electron chi connectivity index (χ3n) is 5.30. The summed E-state index contributed by atoms with van der Waals surface area (Å²) in [7, 11) is 3.65. The molecular weight excluding hydrogens is 349 g/mol. The highest BCUT2D eigenvalue weighted by molar-refractivity contribution is 5.77. The summed E-state index contributed by atoms with van der Waals surface area (Å²) < 4.78 is 13.2. The smallest absolute Gasteiger partial charge is 0.221 e. The molecule has 1 saturated heterocycles. The third kappa shape index (κ3) is 4.82. The van der Waals surface area contributed by atoms with Crippen LogP contribution in [-0.4, -0.2) is 59.4 Å². The van der Waals surface area contributed by atoms with Crippen LogP contribution in [0.2, 0.25) is 0 Å². The number of hydrogen-bond acceptors (Lipinski definition) is 4. The van der Waals surface area contributed by atoms with Crippen LogP contribution in [0.4, 0.5) is 4.39 Å². The second kappa shape index (κ2) is 8.47. The molecule has 1 fully saturated rings. The van der Waals surface area contributed by atoms with Crippen molar-refractivity contribution < 1.29 is 14.0 Å². The molecule has 0 saturated carbocycles. The SMILES string of the molecule is CNC(=O)C[C@H]1CC[C@@H](CNC(=O)CCc2nc3ccc(F)cc3[nH]2)N1C. The zero-order chi connectivity index (χ0) is 19.4. The number of aromatic amines is 1. The standard InChI is InChI=1S/C19H26FN5O2/c1-21-19(27)10-13-4-5-14(25(13)2)11-22-18(26)8-7-17-23-15-6-3-12(20)9-16(15)24-17/h3,6,9,13-14H,4-5,7-8,10-11H2,1-2H3,(H,21,27)(H,22,26)(H,23,24)/t13-,14+/m1/s1. The summed E-state index contributed by atoms with van der Waals surface area (Å²) in [5, 5.41) is 5.63. The number of nitrogens with one attached hydrogen (secondary N) is 3. The lowest BCUT2D eigenvalue weighted by Crippen LogP contribution is -2.42. The van der Waals surface area contributed by atoms with E-state index in [9.17, 15) is 14.0 Å². The summed E-state index contributed by atoms with van der Waals surface area (Å²) >= 11 is 0. The number of imidazole rings is 1. The van der Waals surface area contributed by atoms with Gasteiger partial charge < -0.3 is 15.6 Å². The van der Waals surface area contributed by atoms with E-state index >= 15 is 0 Å². The van der Waals surface area contributed by atoms with E-state index in [0.717, 1.165) is 12.8 Å². The van der Waals surface area contributed by atoms with Crippen molar-refractivity contribution in [2.24, 2.45) is 0 Å². The van der Waals surface area contributed by atoms with Crippen molar-refractivity contribution in [1.29, 1.82) is 0 Å². The predicted octanol–water partition coefficient (Wildman–Crippen LogP) is 1.35. The van der Waals surface area contributed by atoms with E-state index in [0.29, 0.717) is 42.7 Å². The lowest BCUT2D eigenvalue weighted by molar-refractivity contribution is -0.122. The molecule has 3 N–H and O–H groups in total. The van der Waals surface area contributed by atoms with E-state index in [1.807, 2.05) is 7.05 Å². The largest absolute Gasteiger partial charge is 0.359 e. The van der Waals surface area contributed by atoms with Crippen molar-refractivity contribution in [2.75, 3.05) is 20.6 Å². The quantitative estimate of drug-likeness (QED) is 0.681. The molecule has 2 aromatic rings. The molecule has 0 aliphatic carbocycles. The van der Waals surface area contributed by atoms with Crippen molar-refractivity contribution in [1.82, 2.24) is 25.5 Å². The van der Waals surface area contributed by atoms with Crippen LogP contribution in [0.1, 0.15) is 31.5 Å². The molecule has 7 nitrogen and oxygen atoms in total. The van der Waals surface area contributed by atoms with Crippen LogP contribution >= 0.6 is 0 Å². The number of amides is 2. The highest BCUT2D eigenvalue weighted by Gasteiger charge is 2.31. The molecule has 27 heavy (non-hydrogen) atoms. The molecule has 1 aromatic carbocycles. The van der Waals surface area contributed by atoms with Gasteiger partial charge in [0.25, 0.3) is 0 Å². The molecule has 3 rings (SSSR count). The van der Waals surface area contributed by atoms with Gasteiger partial charge in [-0.15, -0.1) is 0 Å². The topological polar surface area (TPSA) is 90.1 Å². The number of likely N-dealkylation sites (tertiary alicyclic amines) is 1. The minimum Gasteiger partial charge on any atom is -0.359 e. The van der Waals surface area contributed by atoms with E-state index in [2.05, 4.69) is 25.5 Å². The van der Waals surface area contributed by atoms with Gasteiger partial charge in [0.05, 0.1) is 11.0 Å². The monoisotopic (exact) mass is 375 g/mol. The molecular formula is C19H26FN5O2. The first-order valence-electron chi connectivity index (χ1n) is 9.29. The number of H-pyrrole nitrogens is 1. The molecule has 1 aromatic heterocycles. The van der Waals surface area contributed by atoms with Crippen LogP contribution in [0.3, 0.4) is 0 Å². The number of hydrogen-bond donors (Lipinski definition) is 3. The Morgan fingerprint density at radius 2 is 2.07 bits per heavy atom. The molecule has 1 aliphatic rings. The molecule has 2 heterocycles. The molecule has 0 radical (unpaired) electrons. The van der Waals surface area contributed by atoms with Crippen molar-refractivity contribution in [3.63, 3.8) is 0 Å². The molecule has 0 unspecified atom stereocenters. The Kier molecular flexibility index (Phi) is 6.05. The summed E-state index contributed by atoms with van der Waals surface area (Å²) in [5.74, 6) is 0.368. The van der Waals surface area contributed by atoms with E-state index in [-0.39, 0.29) is 29.7 Å². The summed E-state index contributed by atoms with van der Waals surface area (Å²) in [6.45, 7) is 0.574. The lowest BCUT2D eigenvalue weighted by Gasteiger charge is -2.25. The zero-order valence-electron chi connectivity index (χ0n) is 15.7. The van der Waals surface area contributed by atoms with E-state index < -0.39 is 0 Å². The van der Waals surface area contributed by atoms with Gasteiger partial charge in [0, 0.05) is 44.9 Å². The Labute approximate surface area is 157 Å². The van der Waals surface area contributed by atoms with Gasteiger partial charge in [-0.3, -0.25) is 14.5 Å². The van der Waals surface area contributed by atoms with Crippen LogP contribution in [0, 0.1) is 5.82 Å². The number of likely N-dealkylation sites (N-methyl/N-ethyl adjacent to an activating group) is 1. The zero-order valence-corrected chi connectivity index (χ0v) is 15.7. The Balaban J connectivity index is 1.43. The van der Waals surface area contributed by atoms with E-state index in [4.69, 9.17) is 0 Å². The van der Waals surface area contributed by atoms with Crippen LogP contribution in [-0.2, 0) is 16.0 Å². The van der Waals surface area contributed by atoms with Crippen LogP contribution in [0.15, 0.2) is 18.2 Å².